The number of hydrogen-bond donors (Lipinski definition) is 2. The van der Waals surface area contributed by atoms with Gasteiger partial charge in [-0.3, -0.25) is 10.0 Å². The molecule has 0 aromatic heterocycles. The van der Waals surface area contributed by atoms with E-state index in [0.29, 0.717) is 0 Å². The summed E-state index contributed by atoms with van der Waals surface area (Å²) in [7, 11) is 0. The van der Waals surface area contributed by atoms with Crippen molar-refractivity contribution in [3.8, 4) is 0 Å². The molecule has 1 aliphatic rings. The summed E-state index contributed by atoms with van der Waals surface area (Å²) in [5, 5.41) is 17.8. The molecular weight excluding hydrogens is 203 g/mol. The van der Waals surface area contributed by atoms with Crippen LogP contribution in [-0.2, 0) is 4.79 Å². The fourth-order valence-electron chi connectivity index (χ4n) is 1.56. The topological polar surface area (TPSA) is 60.8 Å². The maximum Gasteiger partial charge on any atom is 0.394 e. The minimum Gasteiger partial charge on any atom is -0.394 e. The van der Waals surface area contributed by atoms with E-state index in [1.54, 1.807) is 0 Å². The van der Waals surface area contributed by atoms with Gasteiger partial charge in [0.25, 0.3) is 0 Å². The Bertz CT molecular complexity index is 255. The van der Waals surface area contributed by atoms with Crippen molar-refractivity contribution in [2.45, 2.75) is 25.1 Å². The van der Waals surface area contributed by atoms with Crippen LogP contribution in [0.3, 0.4) is 0 Å². The van der Waals surface area contributed by atoms with Crippen molar-refractivity contribution < 1.29 is 28.3 Å². The summed E-state index contributed by atoms with van der Waals surface area (Å²) in [5.41, 5.74) is -1.96. The molecule has 1 aliphatic heterocycles. The van der Waals surface area contributed by atoms with Gasteiger partial charge in [-0.15, -0.1) is 0 Å². The van der Waals surface area contributed by atoms with Crippen LogP contribution in [0.4, 0.5) is 13.2 Å². The highest BCUT2D eigenvalue weighted by Crippen LogP contribution is 2.44. The van der Waals surface area contributed by atoms with Crippen LogP contribution < -0.4 is 0 Å². The van der Waals surface area contributed by atoms with E-state index in [4.69, 9.17) is 10.3 Å². The van der Waals surface area contributed by atoms with Crippen molar-refractivity contribution in [1.82, 2.24) is 5.06 Å². The Morgan fingerprint density at radius 3 is 2.43 bits per heavy atom. The summed E-state index contributed by atoms with van der Waals surface area (Å²) in [6.07, 6.45) is -5.43. The predicted molar refractivity (Wildman–Crippen MR) is 38.3 cm³/mol. The normalized spacial score (nSPS) is 34.0. The number of alkyl halides is 3. The van der Waals surface area contributed by atoms with Crippen molar-refractivity contribution in [2.75, 3.05) is 6.61 Å². The van der Waals surface area contributed by atoms with E-state index >= 15 is 0 Å². The van der Waals surface area contributed by atoms with Gasteiger partial charge < -0.3 is 5.11 Å². The molecule has 4 nitrogen and oxygen atoms in total. The molecule has 82 valence electrons. The lowest BCUT2D eigenvalue weighted by Crippen LogP contribution is -2.51. The Hall–Kier alpha value is -0.820. The van der Waals surface area contributed by atoms with Gasteiger partial charge in [0.2, 0.25) is 5.91 Å². The van der Waals surface area contributed by atoms with Crippen LogP contribution in [0.5, 0.6) is 0 Å². The zero-order valence-electron chi connectivity index (χ0n) is 7.38. The maximum atomic E-state index is 12.4. The second kappa shape index (κ2) is 3.09. The molecule has 1 amide bonds. The van der Waals surface area contributed by atoms with E-state index in [1.165, 1.54) is 0 Å². The molecular formula is C7H10F3NO3. The molecule has 0 spiro atoms. The molecule has 2 atom stereocenters. The van der Waals surface area contributed by atoms with Gasteiger partial charge in [-0.2, -0.15) is 13.2 Å². The highest BCUT2D eigenvalue weighted by molar-refractivity contribution is 5.79. The number of aliphatic hydroxyl groups excluding tert-OH is 1. The number of hydroxylamine groups is 2. The molecule has 0 aromatic rings. The van der Waals surface area contributed by atoms with Gasteiger partial charge in [0, 0.05) is 6.42 Å². The van der Waals surface area contributed by atoms with Gasteiger partial charge in [-0.1, -0.05) is 0 Å². The first-order valence-electron chi connectivity index (χ1n) is 3.93. The summed E-state index contributed by atoms with van der Waals surface area (Å²) in [5.74, 6) is -3.05. The zero-order valence-corrected chi connectivity index (χ0v) is 7.38. The Morgan fingerprint density at radius 1 is 1.64 bits per heavy atom. The molecule has 14 heavy (non-hydrogen) atoms. The quantitative estimate of drug-likeness (QED) is 0.625. The van der Waals surface area contributed by atoms with Crippen LogP contribution in [-0.4, -0.2) is 39.6 Å². The lowest BCUT2D eigenvalue weighted by molar-refractivity contribution is -0.232. The fourth-order valence-corrected chi connectivity index (χ4v) is 1.56. The molecule has 0 unspecified atom stereocenters. The Labute approximate surface area is 77.9 Å². The molecule has 0 aliphatic carbocycles. The van der Waals surface area contributed by atoms with E-state index < -0.39 is 36.6 Å². The number of carbonyl (C=O) groups excluding carboxylic acids is 1. The Balaban J connectivity index is 3.04. The van der Waals surface area contributed by atoms with Crippen molar-refractivity contribution >= 4 is 5.91 Å². The number of halogens is 3. The number of carbonyl (C=O) groups is 1. The summed E-state index contributed by atoms with van der Waals surface area (Å²) >= 11 is 0. The largest absolute Gasteiger partial charge is 0.394 e. The van der Waals surface area contributed by atoms with Crippen LogP contribution in [0.15, 0.2) is 0 Å². The molecule has 2 N–H and O–H groups in total. The number of rotatable bonds is 1. The van der Waals surface area contributed by atoms with Crippen LogP contribution in [0.1, 0.15) is 13.3 Å². The van der Waals surface area contributed by atoms with E-state index in [0.717, 1.165) is 6.92 Å². The standard InChI is InChI=1S/C7H10F3NO3/c1-6(3-12)4(7(8,9)10)2-5(13)11(6)14/h4,12,14H,2-3H2,1H3/t4-,6+/m1/s1. The second-order valence-electron chi connectivity index (χ2n) is 3.52. The summed E-state index contributed by atoms with van der Waals surface area (Å²) in [6.45, 7) is 0.0650. The van der Waals surface area contributed by atoms with Gasteiger partial charge in [0.1, 0.15) is 5.54 Å². The highest BCUT2D eigenvalue weighted by Gasteiger charge is 2.60. The first-order valence-corrected chi connectivity index (χ1v) is 3.93. The van der Waals surface area contributed by atoms with Crippen LogP contribution in [0.2, 0.25) is 0 Å². The molecule has 0 bridgehead atoms. The predicted octanol–water partition coefficient (Wildman–Crippen LogP) is 0.537. The minimum atomic E-state index is -4.61. The van der Waals surface area contributed by atoms with Crippen molar-refractivity contribution in [1.29, 1.82) is 0 Å². The molecule has 1 fully saturated rings. The minimum absolute atomic E-state index is 0.0227. The van der Waals surface area contributed by atoms with Crippen LogP contribution in [0.25, 0.3) is 0 Å². The third-order valence-corrected chi connectivity index (χ3v) is 2.56. The SMILES string of the molecule is C[C@]1(CO)[C@H](C(F)(F)F)CC(=O)N1O. The molecule has 0 radical (unpaired) electrons. The van der Waals surface area contributed by atoms with Gasteiger partial charge in [0.05, 0.1) is 12.5 Å². The zero-order chi connectivity index (χ0) is 11.1. The summed E-state index contributed by atoms with van der Waals surface area (Å²) in [4.78, 5) is 10.9. The number of amides is 1. The molecule has 7 heteroatoms. The van der Waals surface area contributed by atoms with Gasteiger partial charge in [-0.25, -0.2) is 5.06 Å². The second-order valence-corrected chi connectivity index (χ2v) is 3.52. The molecule has 1 rings (SSSR count). The third-order valence-electron chi connectivity index (χ3n) is 2.56. The maximum absolute atomic E-state index is 12.4. The number of hydrogen-bond acceptors (Lipinski definition) is 3. The molecule has 0 saturated carbocycles. The first-order chi connectivity index (χ1) is 6.23. The summed E-state index contributed by atoms with van der Waals surface area (Å²) < 4.78 is 37.2. The van der Waals surface area contributed by atoms with Crippen molar-refractivity contribution in [3.63, 3.8) is 0 Å². The van der Waals surface area contributed by atoms with Crippen LogP contribution in [0, 0.1) is 5.92 Å². The average molecular weight is 213 g/mol. The smallest absolute Gasteiger partial charge is 0.394 e. The molecule has 0 aromatic carbocycles. The monoisotopic (exact) mass is 213 g/mol. The highest BCUT2D eigenvalue weighted by atomic mass is 19.4. The van der Waals surface area contributed by atoms with Gasteiger partial charge >= 0.3 is 6.18 Å². The molecule has 1 heterocycles. The molecule has 1 saturated heterocycles. The Morgan fingerprint density at radius 2 is 2.14 bits per heavy atom. The number of aliphatic hydroxyl groups is 1. The fraction of sp³-hybridized carbons (Fsp3) is 0.857. The van der Waals surface area contributed by atoms with E-state index in [2.05, 4.69) is 0 Å². The van der Waals surface area contributed by atoms with E-state index in [-0.39, 0.29) is 5.06 Å². The van der Waals surface area contributed by atoms with Gasteiger partial charge in [-0.05, 0) is 6.92 Å². The number of nitrogens with zero attached hydrogens (tertiary/aromatic N) is 1. The van der Waals surface area contributed by atoms with E-state index in [1.807, 2.05) is 0 Å². The lowest BCUT2D eigenvalue weighted by Gasteiger charge is -2.33. The average Bonchev–Trinajstić information content (AvgIpc) is 2.30. The van der Waals surface area contributed by atoms with Crippen molar-refractivity contribution in [3.05, 3.63) is 0 Å². The van der Waals surface area contributed by atoms with Crippen LogP contribution >= 0.6 is 0 Å². The Kier molecular flexibility index (Phi) is 2.49. The lowest BCUT2D eigenvalue weighted by atomic mass is 9.87. The summed E-state index contributed by atoms with van der Waals surface area (Å²) in [6, 6.07) is 0. The van der Waals surface area contributed by atoms with Gasteiger partial charge in [0.15, 0.2) is 0 Å². The van der Waals surface area contributed by atoms with E-state index in [9.17, 15) is 18.0 Å². The van der Waals surface area contributed by atoms with Crippen molar-refractivity contribution in [2.24, 2.45) is 5.92 Å². The first kappa shape index (κ1) is 11.3. The third kappa shape index (κ3) is 1.46.